The summed E-state index contributed by atoms with van der Waals surface area (Å²) in [4.78, 5) is 23.5. The lowest BCUT2D eigenvalue weighted by Gasteiger charge is -2.09. The number of esters is 1. The van der Waals surface area contributed by atoms with Crippen molar-refractivity contribution >= 4 is 27.6 Å². The summed E-state index contributed by atoms with van der Waals surface area (Å²) in [6.45, 7) is -0.358. The highest BCUT2D eigenvalue weighted by molar-refractivity contribution is 7.16. The summed E-state index contributed by atoms with van der Waals surface area (Å²) in [5.74, 6) is 0.231. The second kappa shape index (κ2) is 8.38. The zero-order valence-corrected chi connectivity index (χ0v) is 16.5. The van der Waals surface area contributed by atoms with Gasteiger partial charge in [-0.1, -0.05) is 23.5 Å². The quantitative estimate of drug-likeness (QED) is 0.330. The number of halogens is 1. The molecule has 0 saturated carbocycles. The monoisotopic (exact) mass is 426 g/mol. The van der Waals surface area contributed by atoms with Crippen molar-refractivity contribution in [2.45, 2.75) is 0 Å². The summed E-state index contributed by atoms with van der Waals surface area (Å²) >= 11 is 0.916. The minimum atomic E-state index is -0.643. The van der Waals surface area contributed by atoms with E-state index in [4.69, 9.17) is 18.6 Å². The molecule has 0 atom stereocenters. The highest BCUT2D eigenvalue weighted by atomic mass is 32.1. The van der Waals surface area contributed by atoms with Crippen LogP contribution in [-0.2, 0) is 4.79 Å². The summed E-state index contributed by atoms with van der Waals surface area (Å²) in [7, 11) is 1.57. The predicted octanol–water partition coefficient (Wildman–Crippen LogP) is 4.65. The molecule has 152 valence electrons. The number of carbonyl (C=O) groups is 1. The van der Waals surface area contributed by atoms with Crippen molar-refractivity contribution in [3.05, 3.63) is 76.2 Å². The summed E-state index contributed by atoms with van der Waals surface area (Å²) < 4.78 is 34.7. The van der Waals surface area contributed by atoms with Gasteiger partial charge >= 0.3 is 10.9 Å². The highest BCUT2D eigenvalue weighted by Gasteiger charge is 2.15. The molecular formula is C22H15FO6S. The Hall–Kier alpha value is -3.65. The van der Waals surface area contributed by atoms with Crippen LogP contribution in [0.3, 0.4) is 0 Å². The van der Waals surface area contributed by atoms with Gasteiger partial charge in [0.25, 0.3) is 0 Å². The molecule has 0 saturated heterocycles. The molecule has 3 aromatic carbocycles. The zero-order chi connectivity index (χ0) is 21.1. The lowest BCUT2D eigenvalue weighted by Crippen LogP contribution is -2.17. The molecule has 4 rings (SSSR count). The van der Waals surface area contributed by atoms with E-state index in [2.05, 4.69) is 0 Å². The number of ether oxygens (including phenoxy) is 3. The van der Waals surface area contributed by atoms with Crippen molar-refractivity contribution < 1.29 is 27.8 Å². The zero-order valence-electron chi connectivity index (χ0n) is 15.7. The molecule has 30 heavy (non-hydrogen) atoms. The van der Waals surface area contributed by atoms with E-state index in [-0.39, 0.29) is 12.4 Å². The maximum absolute atomic E-state index is 12.9. The van der Waals surface area contributed by atoms with Gasteiger partial charge in [-0.25, -0.2) is 14.0 Å². The third-order valence-corrected chi connectivity index (χ3v) is 4.98. The molecule has 0 aliphatic heterocycles. The van der Waals surface area contributed by atoms with Gasteiger partial charge in [-0.3, -0.25) is 0 Å². The van der Waals surface area contributed by atoms with Crippen LogP contribution in [0.25, 0.3) is 21.4 Å². The van der Waals surface area contributed by atoms with Gasteiger partial charge in [0.2, 0.25) is 0 Å². The van der Waals surface area contributed by atoms with Gasteiger partial charge < -0.3 is 18.6 Å². The standard InChI is InChI=1S/C22H15FO6S/c1-26-15-6-2-13(3-7-15)18-10-17(11-19-21(18)29-22(25)30-19)28-20(24)12-27-16-8-4-14(23)5-9-16/h2-11H,12H2,1H3. The Balaban J connectivity index is 1.58. The Kier molecular flexibility index (Phi) is 5.49. The van der Waals surface area contributed by atoms with Crippen LogP contribution in [0.15, 0.2) is 69.9 Å². The Bertz CT molecular complexity index is 1240. The molecule has 0 aliphatic rings. The highest BCUT2D eigenvalue weighted by Crippen LogP contribution is 2.35. The minimum Gasteiger partial charge on any atom is -0.497 e. The third kappa shape index (κ3) is 4.33. The van der Waals surface area contributed by atoms with Gasteiger partial charge in [-0.05, 0) is 48.0 Å². The van der Waals surface area contributed by atoms with Crippen molar-refractivity contribution in [1.82, 2.24) is 0 Å². The van der Waals surface area contributed by atoms with Crippen LogP contribution >= 0.6 is 11.3 Å². The molecule has 0 spiro atoms. The average molecular weight is 426 g/mol. The number of hydrogen-bond acceptors (Lipinski definition) is 7. The van der Waals surface area contributed by atoms with E-state index in [1.165, 1.54) is 24.3 Å². The molecule has 0 unspecified atom stereocenters. The molecule has 4 aromatic rings. The van der Waals surface area contributed by atoms with Gasteiger partial charge in [0, 0.05) is 11.6 Å². The van der Waals surface area contributed by atoms with E-state index in [9.17, 15) is 14.0 Å². The smallest absolute Gasteiger partial charge is 0.396 e. The molecule has 0 fully saturated rings. The molecule has 6 nitrogen and oxygen atoms in total. The Labute approximate surface area is 174 Å². The average Bonchev–Trinajstić information content (AvgIpc) is 3.13. The predicted molar refractivity (Wildman–Crippen MR) is 110 cm³/mol. The Morgan fingerprint density at radius 2 is 1.70 bits per heavy atom. The summed E-state index contributed by atoms with van der Waals surface area (Å²) in [5, 5.41) is 0. The largest absolute Gasteiger partial charge is 0.497 e. The normalized spacial score (nSPS) is 10.7. The van der Waals surface area contributed by atoms with E-state index in [1.807, 2.05) is 12.1 Å². The summed E-state index contributed by atoms with van der Waals surface area (Å²) in [6.07, 6.45) is 0. The van der Waals surface area contributed by atoms with E-state index >= 15 is 0 Å². The fourth-order valence-corrected chi connectivity index (χ4v) is 3.55. The van der Waals surface area contributed by atoms with Crippen LogP contribution < -0.4 is 19.1 Å². The van der Waals surface area contributed by atoms with Crippen LogP contribution in [-0.4, -0.2) is 19.7 Å². The molecule has 8 heteroatoms. The second-order valence-electron chi connectivity index (χ2n) is 6.20. The molecule has 0 bridgehead atoms. The van der Waals surface area contributed by atoms with Crippen molar-refractivity contribution in [3.8, 4) is 28.4 Å². The van der Waals surface area contributed by atoms with Crippen LogP contribution in [0, 0.1) is 5.82 Å². The fourth-order valence-electron chi connectivity index (χ4n) is 2.83. The SMILES string of the molecule is COc1ccc(-c2cc(OC(=O)COc3ccc(F)cc3)cc3sc(=O)oc23)cc1. The lowest BCUT2D eigenvalue weighted by atomic mass is 10.0. The molecule has 0 N–H and O–H groups in total. The third-order valence-electron chi connectivity index (χ3n) is 4.21. The number of hydrogen-bond donors (Lipinski definition) is 0. The van der Waals surface area contributed by atoms with Gasteiger partial charge in [-0.2, -0.15) is 0 Å². The van der Waals surface area contributed by atoms with Gasteiger partial charge in [0.1, 0.15) is 23.1 Å². The topological polar surface area (TPSA) is 75.0 Å². The number of rotatable bonds is 6. The number of fused-ring (bicyclic) bond motifs is 1. The number of benzene rings is 3. The molecule has 0 radical (unpaired) electrons. The Morgan fingerprint density at radius 1 is 1.00 bits per heavy atom. The Morgan fingerprint density at radius 3 is 2.40 bits per heavy atom. The van der Waals surface area contributed by atoms with Crippen molar-refractivity contribution in [3.63, 3.8) is 0 Å². The number of carbonyl (C=O) groups excluding carboxylic acids is 1. The molecular weight excluding hydrogens is 411 g/mol. The first-order valence-electron chi connectivity index (χ1n) is 8.83. The summed E-state index contributed by atoms with van der Waals surface area (Å²) in [6, 6.07) is 15.7. The lowest BCUT2D eigenvalue weighted by molar-refractivity contribution is -0.136. The first-order chi connectivity index (χ1) is 14.5. The minimum absolute atomic E-state index is 0.248. The van der Waals surface area contributed by atoms with Gasteiger partial charge in [0.15, 0.2) is 12.2 Å². The second-order valence-corrected chi connectivity index (χ2v) is 7.17. The molecule has 0 aliphatic carbocycles. The number of methoxy groups -OCH3 is 1. The van der Waals surface area contributed by atoms with Crippen LogP contribution in [0.4, 0.5) is 4.39 Å². The van der Waals surface area contributed by atoms with Crippen molar-refractivity contribution in [1.29, 1.82) is 0 Å². The van der Waals surface area contributed by atoms with Gasteiger partial charge in [-0.15, -0.1) is 0 Å². The first kappa shape index (κ1) is 19.7. The molecule has 1 aromatic heterocycles. The van der Waals surface area contributed by atoms with E-state index in [0.717, 1.165) is 16.9 Å². The van der Waals surface area contributed by atoms with E-state index in [1.54, 1.807) is 31.4 Å². The molecule has 0 amide bonds. The van der Waals surface area contributed by atoms with E-state index in [0.29, 0.717) is 27.3 Å². The molecule has 1 heterocycles. The van der Waals surface area contributed by atoms with E-state index < -0.39 is 16.7 Å². The van der Waals surface area contributed by atoms with Crippen LogP contribution in [0.1, 0.15) is 0 Å². The van der Waals surface area contributed by atoms with Crippen LogP contribution in [0.5, 0.6) is 17.2 Å². The maximum Gasteiger partial charge on any atom is 0.396 e. The van der Waals surface area contributed by atoms with Crippen molar-refractivity contribution in [2.75, 3.05) is 13.7 Å². The van der Waals surface area contributed by atoms with Gasteiger partial charge in [0.05, 0.1) is 11.8 Å². The fraction of sp³-hybridized carbons (Fsp3) is 0.0909. The first-order valence-corrected chi connectivity index (χ1v) is 9.64. The maximum atomic E-state index is 12.9. The van der Waals surface area contributed by atoms with Crippen LogP contribution in [0.2, 0.25) is 0 Å². The van der Waals surface area contributed by atoms with Crippen molar-refractivity contribution in [2.24, 2.45) is 0 Å². The summed E-state index contributed by atoms with van der Waals surface area (Å²) in [5.41, 5.74) is 1.79.